The highest BCUT2D eigenvalue weighted by Crippen LogP contribution is 2.44. The first-order valence-electron chi connectivity index (χ1n) is 11.2. The number of cyclic esters (lactones) is 1. The molecule has 1 aliphatic heterocycles. The van der Waals surface area contributed by atoms with Gasteiger partial charge in [0.05, 0.1) is 10.8 Å². The number of ketones is 1. The second-order valence-corrected chi connectivity index (χ2v) is 12.6. The number of carbonyl (C=O) groups excluding carboxylic acids is 2. The van der Waals surface area contributed by atoms with Gasteiger partial charge >= 0.3 is 5.97 Å². The lowest BCUT2D eigenvalue weighted by atomic mass is 9.78. The first-order valence-corrected chi connectivity index (χ1v) is 12.9. The maximum Gasteiger partial charge on any atom is 0.327 e. The molecule has 6 heteroatoms. The van der Waals surface area contributed by atoms with E-state index in [-0.39, 0.29) is 30.1 Å². The molecule has 174 valence electrons. The number of esters is 1. The van der Waals surface area contributed by atoms with E-state index in [1.807, 2.05) is 38.1 Å². The van der Waals surface area contributed by atoms with Crippen LogP contribution in [0, 0.1) is 12.8 Å². The van der Waals surface area contributed by atoms with Crippen LogP contribution < -0.4 is 0 Å². The summed E-state index contributed by atoms with van der Waals surface area (Å²) in [4.78, 5) is 27.6. The summed E-state index contributed by atoms with van der Waals surface area (Å²) in [5.41, 5.74) is 2.20. The SMILES string of the molecule is Cc1cc(C(C)(C)C)c(SC2C(=O)CC(CCc3ccccc3CO)(C(C)C)OC2=O)s1. The van der Waals surface area contributed by atoms with Crippen LogP contribution in [0.2, 0.25) is 0 Å². The number of aryl methyl sites for hydroxylation is 2. The standard InChI is InChI=1S/C26H34O4S2/c1-16(2)26(12-11-18-9-7-8-10-19(18)15-27)14-21(28)22(23(29)30-26)32-24-20(25(4,5)6)13-17(3)31-24/h7-10,13,16,22,27H,11-12,14-15H2,1-6H3. The highest BCUT2D eigenvalue weighted by atomic mass is 32.2. The Morgan fingerprint density at radius 3 is 2.44 bits per heavy atom. The van der Waals surface area contributed by atoms with Gasteiger partial charge in [0.2, 0.25) is 0 Å². The fourth-order valence-electron chi connectivity index (χ4n) is 4.18. The summed E-state index contributed by atoms with van der Waals surface area (Å²) in [6, 6.07) is 9.88. The Balaban J connectivity index is 1.80. The van der Waals surface area contributed by atoms with Crippen molar-refractivity contribution in [2.75, 3.05) is 0 Å². The highest BCUT2D eigenvalue weighted by Gasteiger charge is 2.49. The van der Waals surface area contributed by atoms with Gasteiger partial charge in [-0.15, -0.1) is 11.3 Å². The van der Waals surface area contributed by atoms with Crippen LogP contribution in [0.4, 0.5) is 0 Å². The first kappa shape index (κ1) is 25.0. The van der Waals surface area contributed by atoms with E-state index < -0.39 is 16.8 Å². The third-order valence-electron chi connectivity index (χ3n) is 6.30. The largest absolute Gasteiger partial charge is 0.457 e. The lowest BCUT2D eigenvalue weighted by Gasteiger charge is -2.41. The number of carbonyl (C=O) groups is 2. The molecular formula is C26H34O4S2. The fourth-order valence-corrected chi connectivity index (χ4v) is 7.07. The smallest absolute Gasteiger partial charge is 0.327 e. The maximum absolute atomic E-state index is 13.3. The molecule has 1 aromatic carbocycles. The minimum Gasteiger partial charge on any atom is -0.457 e. The third kappa shape index (κ3) is 5.29. The van der Waals surface area contributed by atoms with E-state index in [0.29, 0.717) is 12.8 Å². The lowest BCUT2D eigenvalue weighted by molar-refractivity contribution is -0.176. The van der Waals surface area contributed by atoms with Gasteiger partial charge < -0.3 is 9.84 Å². The van der Waals surface area contributed by atoms with Crippen LogP contribution in [-0.4, -0.2) is 27.7 Å². The van der Waals surface area contributed by atoms with E-state index in [2.05, 4.69) is 33.8 Å². The Morgan fingerprint density at radius 1 is 1.22 bits per heavy atom. The molecule has 0 saturated carbocycles. The molecule has 0 spiro atoms. The van der Waals surface area contributed by atoms with Gasteiger partial charge in [-0.25, -0.2) is 0 Å². The number of Topliss-reactive ketones (excluding diaryl/α,β-unsaturated/α-hetero) is 1. The average molecular weight is 475 g/mol. The zero-order chi connectivity index (χ0) is 23.7. The van der Waals surface area contributed by atoms with Gasteiger partial charge in [-0.05, 0) is 53.9 Å². The predicted molar refractivity (Wildman–Crippen MR) is 131 cm³/mol. The number of aliphatic hydroxyl groups is 1. The Labute approximate surface area is 199 Å². The zero-order valence-electron chi connectivity index (χ0n) is 19.9. The number of rotatable bonds is 7. The van der Waals surface area contributed by atoms with Crippen molar-refractivity contribution >= 4 is 34.9 Å². The second-order valence-electron chi connectivity index (χ2n) is 10.0. The van der Waals surface area contributed by atoms with Crippen molar-refractivity contribution in [3.63, 3.8) is 0 Å². The molecule has 1 aliphatic rings. The number of hydrogen-bond acceptors (Lipinski definition) is 6. The Morgan fingerprint density at radius 2 is 1.88 bits per heavy atom. The zero-order valence-corrected chi connectivity index (χ0v) is 21.5. The van der Waals surface area contributed by atoms with Crippen molar-refractivity contribution in [2.24, 2.45) is 5.92 Å². The van der Waals surface area contributed by atoms with Gasteiger partial charge in [-0.3, -0.25) is 9.59 Å². The third-order valence-corrected chi connectivity index (χ3v) is 8.81. The van der Waals surface area contributed by atoms with Crippen LogP contribution in [0.15, 0.2) is 34.5 Å². The number of hydrogen-bond donors (Lipinski definition) is 1. The van der Waals surface area contributed by atoms with E-state index in [9.17, 15) is 14.7 Å². The summed E-state index contributed by atoms with van der Waals surface area (Å²) in [6.07, 6.45) is 1.43. The Kier molecular flexibility index (Phi) is 7.58. The van der Waals surface area contributed by atoms with Crippen molar-refractivity contribution < 1.29 is 19.4 Å². The Bertz CT molecular complexity index is 966. The minimum atomic E-state index is -0.814. The normalized spacial score (nSPS) is 21.8. The number of benzene rings is 1. The van der Waals surface area contributed by atoms with Gasteiger partial charge in [-0.2, -0.15) is 0 Å². The number of thioether (sulfide) groups is 1. The van der Waals surface area contributed by atoms with Crippen LogP contribution in [0.5, 0.6) is 0 Å². The average Bonchev–Trinajstić information content (AvgIpc) is 3.10. The van der Waals surface area contributed by atoms with E-state index >= 15 is 0 Å². The summed E-state index contributed by atoms with van der Waals surface area (Å²) in [6.45, 7) is 12.5. The molecule has 1 aromatic heterocycles. The molecule has 2 atom stereocenters. The van der Waals surface area contributed by atoms with Crippen molar-refractivity contribution in [3.8, 4) is 0 Å². The van der Waals surface area contributed by atoms with Gasteiger partial charge in [0.25, 0.3) is 0 Å². The Hall–Kier alpha value is -1.63. The van der Waals surface area contributed by atoms with Crippen LogP contribution in [0.3, 0.4) is 0 Å². The molecule has 1 N–H and O–H groups in total. The predicted octanol–water partition coefficient (Wildman–Crippen LogP) is 5.85. The number of ether oxygens (including phenoxy) is 1. The van der Waals surface area contributed by atoms with Crippen LogP contribution >= 0.6 is 23.1 Å². The summed E-state index contributed by atoms with van der Waals surface area (Å²) < 4.78 is 7.11. The topological polar surface area (TPSA) is 63.6 Å². The second kappa shape index (κ2) is 9.70. The molecule has 2 heterocycles. The molecule has 32 heavy (non-hydrogen) atoms. The quantitative estimate of drug-likeness (QED) is 0.403. The van der Waals surface area contributed by atoms with E-state index in [0.717, 1.165) is 15.3 Å². The molecule has 4 nitrogen and oxygen atoms in total. The van der Waals surface area contributed by atoms with Crippen LogP contribution in [0.1, 0.15) is 69.0 Å². The monoisotopic (exact) mass is 474 g/mol. The molecule has 0 bridgehead atoms. The van der Waals surface area contributed by atoms with E-state index in [1.165, 1.54) is 22.2 Å². The number of aliphatic hydroxyl groups excluding tert-OH is 1. The molecule has 0 aliphatic carbocycles. The lowest BCUT2D eigenvalue weighted by Crippen LogP contribution is -2.52. The van der Waals surface area contributed by atoms with Crippen molar-refractivity contribution in [1.29, 1.82) is 0 Å². The molecule has 0 amide bonds. The number of thiophene rings is 1. The van der Waals surface area contributed by atoms with E-state index in [4.69, 9.17) is 4.74 Å². The van der Waals surface area contributed by atoms with Crippen molar-refractivity contribution in [1.82, 2.24) is 0 Å². The minimum absolute atomic E-state index is 0.0109. The highest BCUT2D eigenvalue weighted by molar-refractivity contribution is 8.03. The molecule has 1 saturated heterocycles. The van der Waals surface area contributed by atoms with Gasteiger partial charge in [0.15, 0.2) is 11.0 Å². The van der Waals surface area contributed by atoms with E-state index in [1.54, 1.807) is 11.3 Å². The first-order chi connectivity index (χ1) is 15.0. The molecule has 2 aromatic rings. The van der Waals surface area contributed by atoms with Gasteiger partial charge in [0, 0.05) is 11.3 Å². The van der Waals surface area contributed by atoms with Crippen LogP contribution in [-0.2, 0) is 32.8 Å². The molecular weight excluding hydrogens is 440 g/mol. The fraction of sp³-hybridized carbons (Fsp3) is 0.538. The summed E-state index contributed by atoms with van der Waals surface area (Å²) in [7, 11) is 0. The summed E-state index contributed by atoms with van der Waals surface area (Å²) in [5.74, 6) is -0.473. The van der Waals surface area contributed by atoms with Gasteiger partial charge in [-0.1, -0.05) is 70.6 Å². The molecule has 1 fully saturated rings. The molecule has 2 unspecified atom stereocenters. The van der Waals surface area contributed by atoms with Crippen LogP contribution in [0.25, 0.3) is 0 Å². The maximum atomic E-state index is 13.3. The summed E-state index contributed by atoms with van der Waals surface area (Å²) in [5, 5.41) is 8.81. The van der Waals surface area contributed by atoms with Crippen molar-refractivity contribution in [3.05, 3.63) is 51.9 Å². The van der Waals surface area contributed by atoms with Gasteiger partial charge in [0.1, 0.15) is 5.60 Å². The molecule has 3 rings (SSSR count). The summed E-state index contributed by atoms with van der Waals surface area (Å²) >= 11 is 2.99. The molecule has 0 radical (unpaired) electrons. The van der Waals surface area contributed by atoms with Crippen molar-refractivity contribution in [2.45, 2.75) is 87.9 Å².